The van der Waals surface area contributed by atoms with Crippen molar-refractivity contribution in [3.63, 3.8) is 0 Å². The Bertz CT molecular complexity index is 1530. The average molecular weight is 557 g/mol. The van der Waals surface area contributed by atoms with Crippen molar-refractivity contribution >= 4 is 34.3 Å². The zero-order valence-electron chi connectivity index (χ0n) is 21.6. The van der Waals surface area contributed by atoms with Crippen LogP contribution in [0, 0.1) is 5.82 Å². The number of urea groups is 1. The van der Waals surface area contributed by atoms with Crippen LogP contribution in [0.2, 0.25) is 0 Å². The Kier molecular flexibility index (Phi) is 7.59. The van der Waals surface area contributed by atoms with Crippen LogP contribution in [0.3, 0.4) is 0 Å². The molecule has 0 unspecified atom stereocenters. The van der Waals surface area contributed by atoms with E-state index in [4.69, 9.17) is 5.73 Å². The van der Waals surface area contributed by atoms with Crippen molar-refractivity contribution in [1.82, 2.24) is 25.2 Å². The number of carbonyl (C=O) groups is 1. The molecule has 3 heterocycles. The molecule has 1 aliphatic heterocycles. The Balaban J connectivity index is 1.28. The van der Waals surface area contributed by atoms with Crippen molar-refractivity contribution in [2.75, 3.05) is 36.5 Å². The number of halogens is 4. The number of aromatic nitrogens is 3. The van der Waals surface area contributed by atoms with Gasteiger partial charge in [-0.25, -0.2) is 19.2 Å². The van der Waals surface area contributed by atoms with Crippen molar-refractivity contribution in [3.05, 3.63) is 65.9 Å². The minimum absolute atomic E-state index is 0.0613. The molecule has 1 saturated heterocycles. The number of alkyl halides is 3. The van der Waals surface area contributed by atoms with E-state index >= 15 is 0 Å². The van der Waals surface area contributed by atoms with Crippen LogP contribution < -0.4 is 21.7 Å². The highest BCUT2D eigenvalue weighted by atomic mass is 19.4. The number of carbonyl (C=O) groups excluding carboxylic acids is 1. The molecule has 0 bridgehead atoms. The molecular weight excluding hydrogens is 528 g/mol. The zero-order chi connectivity index (χ0) is 28.4. The molecular formula is C27H28F4N8O. The molecule has 0 spiro atoms. The molecule has 40 heavy (non-hydrogen) atoms. The standard InChI is InChI=1S/C27H28F4N8O/c1-33-17-6-8-39(9-7-17)13-16-2-4-18(11-20(16)27(29,30)31)37-26(40)38-22-5-3-15(10-21(22)28)19-12-34-25-23(19)24(32)35-14-36-25/h2-5,10-12,14,17,33H,6-9,13H2,1H3,(H2,37,38,40)(H3,32,34,35,36). The average Bonchev–Trinajstić information content (AvgIpc) is 3.36. The molecule has 4 aromatic rings. The molecule has 2 amide bonds. The van der Waals surface area contributed by atoms with Gasteiger partial charge in [0.05, 0.1) is 16.6 Å². The lowest BCUT2D eigenvalue weighted by Crippen LogP contribution is -2.41. The van der Waals surface area contributed by atoms with Gasteiger partial charge < -0.3 is 26.7 Å². The molecule has 2 aromatic heterocycles. The van der Waals surface area contributed by atoms with Crippen LogP contribution in [0.4, 0.5) is 39.5 Å². The number of benzene rings is 2. The number of nitrogen functional groups attached to an aromatic ring is 1. The maximum Gasteiger partial charge on any atom is 0.416 e. The van der Waals surface area contributed by atoms with Crippen LogP contribution in [0.25, 0.3) is 22.2 Å². The predicted molar refractivity (Wildman–Crippen MR) is 145 cm³/mol. The van der Waals surface area contributed by atoms with Gasteiger partial charge in [0.1, 0.15) is 23.6 Å². The number of H-pyrrole nitrogens is 1. The zero-order valence-corrected chi connectivity index (χ0v) is 21.6. The number of aromatic amines is 1. The molecule has 2 aromatic carbocycles. The summed E-state index contributed by atoms with van der Waals surface area (Å²) in [5, 5.41) is 8.46. The van der Waals surface area contributed by atoms with Crippen LogP contribution in [-0.2, 0) is 12.7 Å². The molecule has 210 valence electrons. The minimum Gasteiger partial charge on any atom is -0.383 e. The summed E-state index contributed by atoms with van der Waals surface area (Å²) >= 11 is 0. The van der Waals surface area contributed by atoms with E-state index in [1.807, 2.05) is 11.9 Å². The molecule has 0 radical (unpaired) electrons. The van der Waals surface area contributed by atoms with E-state index in [0.29, 0.717) is 41.3 Å². The summed E-state index contributed by atoms with van der Waals surface area (Å²) in [6.07, 6.45) is 0.0461. The predicted octanol–water partition coefficient (Wildman–Crippen LogP) is 5.19. The maximum absolute atomic E-state index is 14.9. The first kappa shape index (κ1) is 27.3. The van der Waals surface area contributed by atoms with Crippen molar-refractivity contribution in [1.29, 1.82) is 0 Å². The third kappa shape index (κ3) is 5.84. The van der Waals surface area contributed by atoms with E-state index in [0.717, 1.165) is 18.9 Å². The highest BCUT2D eigenvalue weighted by Gasteiger charge is 2.34. The Morgan fingerprint density at radius 3 is 2.60 bits per heavy atom. The van der Waals surface area contributed by atoms with E-state index in [2.05, 4.69) is 30.9 Å². The van der Waals surface area contributed by atoms with Gasteiger partial charge in [-0.3, -0.25) is 4.90 Å². The Hall–Kier alpha value is -4.23. The molecule has 1 aliphatic rings. The van der Waals surface area contributed by atoms with E-state index in [-0.39, 0.29) is 29.3 Å². The third-order valence-electron chi connectivity index (χ3n) is 7.09. The number of amides is 2. The molecule has 6 N–H and O–H groups in total. The number of piperidine rings is 1. The minimum atomic E-state index is -4.61. The Morgan fingerprint density at radius 1 is 1.12 bits per heavy atom. The van der Waals surface area contributed by atoms with E-state index < -0.39 is 23.6 Å². The van der Waals surface area contributed by atoms with Crippen LogP contribution in [0.15, 0.2) is 48.9 Å². The van der Waals surface area contributed by atoms with Crippen molar-refractivity contribution in [3.8, 4) is 11.1 Å². The highest BCUT2D eigenvalue weighted by Crippen LogP contribution is 2.35. The number of anilines is 3. The largest absolute Gasteiger partial charge is 0.416 e. The summed E-state index contributed by atoms with van der Waals surface area (Å²) in [6.45, 7) is 1.54. The number of hydrogen-bond acceptors (Lipinski definition) is 6. The van der Waals surface area contributed by atoms with Crippen LogP contribution in [0.1, 0.15) is 24.0 Å². The highest BCUT2D eigenvalue weighted by molar-refractivity contribution is 6.02. The summed E-state index contributed by atoms with van der Waals surface area (Å²) in [6, 6.07) is 7.30. The summed E-state index contributed by atoms with van der Waals surface area (Å²) in [5.41, 5.74) is 6.58. The molecule has 13 heteroatoms. The Labute approximate surface area is 227 Å². The van der Waals surface area contributed by atoms with Gasteiger partial charge in [0.15, 0.2) is 0 Å². The second-order valence-electron chi connectivity index (χ2n) is 9.67. The fourth-order valence-corrected chi connectivity index (χ4v) is 4.96. The quantitative estimate of drug-likeness (QED) is 0.208. The fourth-order valence-electron chi connectivity index (χ4n) is 4.96. The number of fused-ring (bicyclic) bond motifs is 1. The summed E-state index contributed by atoms with van der Waals surface area (Å²) in [7, 11) is 1.88. The number of nitrogens with zero attached hydrogens (tertiary/aromatic N) is 3. The maximum atomic E-state index is 14.9. The van der Waals surface area contributed by atoms with Gasteiger partial charge in [-0.1, -0.05) is 12.1 Å². The molecule has 9 nitrogen and oxygen atoms in total. The second-order valence-corrected chi connectivity index (χ2v) is 9.67. The van der Waals surface area contributed by atoms with Crippen molar-refractivity contribution < 1.29 is 22.4 Å². The van der Waals surface area contributed by atoms with Crippen molar-refractivity contribution in [2.45, 2.75) is 31.6 Å². The number of hydrogen-bond donors (Lipinski definition) is 5. The SMILES string of the molecule is CNC1CCN(Cc2ccc(NC(=O)Nc3ccc(-c4c[nH]c5ncnc(N)c45)cc3F)cc2C(F)(F)F)CC1. The normalized spacial score (nSPS) is 14.9. The van der Waals surface area contributed by atoms with Crippen LogP contribution in [0.5, 0.6) is 0 Å². The first-order chi connectivity index (χ1) is 19.1. The Morgan fingerprint density at radius 2 is 1.90 bits per heavy atom. The van der Waals surface area contributed by atoms with E-state index in [1.54, 1.807) is 12.3 Å². The van der Waals surface area contributed by atoms with Crippen LogP contribution >= 0.6 is 0 Å². The summed E-state index contributed by atoms with van der Waals surface area (Å²) in [4.78, 5) is 25.6. The molecule has 0 aliphatic carbocycles. The summed E-state index contributed by atoms with van der Waals surface area (Å²) < 4.78 is 56.6. The monoisotopic (exact) mass is 556 g/mol. The molecule has 0 atom stereocenters. The third-order valence-corrected chi connectivity index (χ3v) is 7.09. The van der Waals surface area contributed by atoms with Gasteiger partial charge >= 0.3 is 12.2 Å². The topological polar surface area (TPSA) is 124 Å². The molecule has 1 fully saturated rings. The van der Waals surface area contributed by atoms with E-state index in [1.165, 1.54) is 30.6 Å². The van der Waals surface area contributed by atoms with Crippen molar-refractivity contribution in [2.24, 2.45) is 0 Å². The smallest absolute Gasteiger partial charge is 0.383 e. The lowest BCUT2D eigenvalue weighted by atomic mass is 10.0. The van der Waals surface area contributed by atoms with Gasteiger partial charge in [0.25, 0.3) is 0 Å². The number of nitrogens with one attached hydrogen (secondary N) is 4. The molecule has 5 rings (SSSR count). The number of likely N-dealkylation sites (tertiary alicyclic amines) is 1. The lowest BCUT2D eigenvalue weighted by molar-refractivity contribution is -0.138. The van der Waals surface area contributed by atoms with Gasteiger partial charge in [-0.2, -0.15) is 13.2 Å². The van der Waals surface area contributed by atoms with Crippen LogP contribution in [-0.4, -0.2) is 52.1 Å². The number of nitrogens with two attached hydrogens (primary N) is 1. The molecule has 0 saturated carbocycles. The first-order valence-electron chi connectivity index (χ1n) is 12.7. The van der Waals surface area contributed by atoms with Gasteiger partial charge in [0, 0.05) is 30.0 Å². The lowest BCUT2D eigenvalue weighted by Gasteiger charge is -2.32. The summed E-state index contributed by atoms with van der Waals surface area (Å²) in [5.74, 6) is -0.517. The number of rotatable bonds is 6. The first-order valence-corrected chi connectivity index (χ1v) is 12.7. The van der Waals surface area contributed by atoms with Gasteiger partial charge in [-0.05, 0) is 68.4 Å². The van der Waals surface area contributed by atoms with Gasteiger partial charge in [0.2, 0.25) is 0 Å². The second kappa shape index (κ2) is 11.1. The van der Waals surface area contributed by atoms with Gasteiger partial charge in [-0.15, -0.1) is 0 Å². The fraction of sp³-hybridized carbons (Fsp3) is 0.296. The van der Waals surface area contributed by atoms with E-state index in [9.17, 15) is 22.4 Å².